The zero-order valence-electron chi connectivity index (χ0n) is 37.0. The molecule has 1 aliphatic carbocycles. The third kappa shape index (κ3) is 18.6. The fourth-order valence-corrected chi connectivity index (χ4v) is 7.37. The first-order valence-corrected chi connectivity index (χ1v) is 21.1. The lowest BCUT2D eigenvalue weighted by Crippen LogP contribution is -2.40. The van der Waals surface area contributed by atoms with Crippen LogP contribution in [0.3, 0.4) is 0 Å². The summed E-state index contributed by atoms with van der Waals surface area (Å²) in [5, 5.41) is 21.1. The van der Waals surface area contributed by atoms with Crippen LogP contribution in [0.2, 0.25) is 0 Å². The van der Waals surface area contributed by atoms with Crippen LogP contribution in [0.4, 0.5) is 32.8 Å². The van der Waals surface area contributed by atoms with E-state index in [2.05, 4.69) is 78.2 Å². The van der Waals surface area contributed by atoms with Crippen LogP contribution in [0.1, 0.15) is 120 Å². The minimum Gasteiger partial charge on any atom is -0.397 e. The first-order chi connectivity index (χ1) is 27.6. The number of benzene rings is 3. The van der Waals surface area contributed by atoms with Crippen LogP contribution in [-0.2, 0) is 14.2 Å². The van der Waals surface area contributed by atoms with Crippen molar-refractivity contribution in [1.82, 2.24) is 0 Å². The van der Waals surface area contributed by atoms with Gasteiger partial charge in [0.15, 0.2) is 0 Å². The van der Waals surface area contributed by atoms with Gasteiger partial charge in [0.2, 0.25) is 5.82 Å². The Morgan fingerprint density at radius 3 is 1.29 bits per heavy atom. The number of nitrogens with two attached hydrogens (primary N) is 1. The largest absolute Gasteiger partial charge is 0.397 e. The summed E-state index contributed by atoms with van der Waals surface area (Å²) in [6.07, 6.45) is 11.8. The summed E-state index contributed by atoms with van der Waals surface area (Å²) in [6.45, 7) is 22.6. The van der Waals surface area contributed by atoms with Gasteiger partial charge in [0, 0.05) is 38.3 Å². The van der Waals surface area contributed by atoms with Crippen molar-refractivity contribution in [2.75, 3.05) is 41.7 Å². The van der Waals surface area contributed by atoms with E-state index in [1.165, 1.54) is 44.2 Å². The first kappa shape index (κ1) is 49.0. The molecule has 0 radical (unpaired) electrons. The molecule has 6 rings (SSSR count). The Labute approximate surface area is 351 Å². The molecule has 3 fully saturated rings. The van der Waals surface area contributed by atoms with Crippen molar-refractivity contribution in [3.05, 3.63) is 98.8 Å². The summed E-state index contributed by atoms with van der Waals surface area (Å²) >= 11 is 0. The van der Waals surface area contributed by atoms with Gasteiger partial charge in [0.05, 0.1) is 56.3 Å². The minimum atomic E-state index is -0.799. The molecule has 0 spiro atoms. The Morgan fingerprint density at radius 2 is 0.898 bits per heavy atom. The van der Waals surface area contributed by atoms with E-state index in [9.17, 15) is 24.6 Å². The number of ether oxygens (including phenoxy) is 3. The quantitative estimate of drug-likeness (QED) is 0.139. The maximum absolute atomic E-state index is 12.4. The fourth-order valence-electron chi connectivity index (χ4n) is 7.37. The van der Waals surface area contributed by atoms with Crippen LogP contribution in [0.5, 0.6) is 0 Å². The molecule has 328 valence electrons. The molecular weight excluding hydrogens is 754 g/mol. The average Bonchev–Trinajstić information content (AvgIpc) is 3.15. The smallest absolute Gasteiger partial charge is 0.304 e. The molecule has 1 saturated carbocycles. The molecule has 2 N–H and O–H groups in total. The number of hydrogen-bond acceptors (Lipinski definition) is 10. The Morgan fingerprint density at radius 1 is 0.542 bits per heavy atom. The van der Waals surface area contributed by atoms with Gasteiger partial charge in [0.25, 0.3) is 5.69 Å². The summed E-state index contributed by atoms with van der Waals surface area (Å²) in [5.41, 5.74) is 8.34. The van der Waals surface area contributed by atoms with E-state index in [1.807, 2.05) is 30.3 Å². The van der Waals surface area contributed by atoms with Crippen LogP contribution >= 0.6 is 0 Å². The zero-order valence-corrected chi connectivity index (χ0v) is 37.0. The van der Waals surface area contributed by atoms with Gasteiger partial charge in [-0.15, -0.1) is 0 Å². The third-order valence-corrected chi connectivity index (χ3v) is 9.74. The van der Waals surface area contributed by atoms with Gasteiger partial charge in [-0.3, -0.25) is 20.2 Å². The highest BCUT2D eigenvalue weighted by Crippen LogP contribution is 2.32. The van der Waals surface area contributed by atoms with Gasteiger partial charge >= 0.3 is 5.69 Å². The highest BCUT2D eigenvalue weighted by Gasteiger charge is 2.28. The molecule has 2 heterocycles. The number of nitrogen functional groups attached to an aromatic ring is 1. The van der Waals surface area contributed by atoms with Crippen molar-refractivity contribution < 1.29 is 28.4 Å². The molecule has 2 aliphatic heterocycles. The normalized spacial score (nSPS) is 17.1. The number of halogens is 1. The molecule has 0 atom stereocenters. The molecule has 12 nitrogen and oxygen atoms in total. The van der Waals surface area contributed by atoms with Crippen molar-refractivity contribution in [1.29, 1.82) is 0 Å². The van der Waals surface area contributed by atoms with Gasteiger partial charge in [-0.05, 0) is 125 Å². The average molecular weight is 824 g/mol. The summed E-state index contributed by atoms with van der Waals surface area (Å²) in [4.78, 5) is 24.4. The Kier molecular flexibility index (Phi) is 19.0. The van der Waals surface area contributed by atoms with Crippen LogP contribution in [-0.4, -0.2) is 71.1 Å². The van der Waals surface area contributed by atoms with Crippen LogP contribution in [0, 0.1) is 26.0 Å². The highest BCUT2D eigenvalue weighted by molar-refractivity contribution is 5.67. The van der Waals surface area contributed by atoms with Crippen molar-refractivity contribution in [2.24, 2.45) is 0 Å². The fraction of sp³-hybridized carbons (Fsp3) is 0.609. The highest BCUT2D eigenvalue weighted by atomic mass is 19.1. The van der Waals surface area contributed by atoms with Crippen molar-refractivity contribution in [3.8, 4) is 0 Å². The summed E-state index contributed by atoms with van der Waals surface area (Å²) in [6, 6.07) is 20.0. The van der Waals surface area contributed by atoms with Crippen LogP contribution < -0.4 is 15.5 Å². The SMILES string of the molecule is CC(C)(C)OC1CCCCC1.CC(C)(C)OC1CCN(c2ccccc2N)CC1.CC(C)(C)OC1CCN(c2ccccc2[N+](=O)[O-])CC1.O=[N+]([O-])c1ccccc1F. The van der Waals surface area contributed by atoms with Crippen molar-refractivity contribution >= 4 is 28.4 Å². The second kappa shape index (κ2) is 22.9. The van der Waals surface area contributed by atoms with E-state index in [0.29, 0.717) is 17.9 Å². The van der Waals surface area contributed by atoms with Gasteiger partial charge in [-0.1, -0.05) is 55.7 Å². The third-order valence-electron chi connectivity index (χ3n) is 9.74. The molecule has 2 saturated heterocycles. The molecule has 0 aromatic heterocycles. The first-order valence-electron chi connectivity index (χ1n) is 21.1. The Bertz CT molecular complexity index is 1720. The van der Waals surface area contributed by atoms with Crippen LogP contribution in [0.15, 0.2) is 72.8 Å². The molecule has 3 aromatic carbocycles. The maximum Gasteiger partial charge on any atom is 0.304 e. The monoisotopic (exact) mass is 824 g/mol. The van der Waals surface area contributed by atoms with E-state index < -0.39 is 16.4 Å². The minimum absolute atomic E-state index is 0.0430. The number of rotatable bonds is 7. The molecule has 0 unspecified atom stereocenters. The number of nitro benzene ring substituents is 2. The van der Waals surface area contributed by atoms with Crippen molar-refractivity contribution in [2.45, 2.75) is 155 Å². The van der Waals surface area contributed by atoms with Gasteiger partial charge in [-0.25, -0.2) is 0 Å². The summed E-state index contributed by atoms with van der Waals surface area (Å²) in [7, 11) is 0. The molecule has 0 amide bonds. The molecule has 3 aromatic rings. The van der Waals surface area contributed by atoms with Gasteiger partial charge < -0.3 is 29.7 Å². The molecule has 13 heteroatoms. The number of nitrogens with zero attached hydrogens (tertiary/aromatic N) is 4. The number of hydrogen-bond donors (Lipinski definition) is 1. The molecule has 59 heavy (non-hydrogen) atoms. The number of piperidine rings is 2. The van der Waals surface area contributed by atoms with Gasteiger partial charge in [0.1, 0.15) is 5.69 Å². The number of nitro groups is 2. The topological polar surface area (TPSA) is 146 Å². The predicted molar refractivity (Wildman–Crippen MR) is 237 cm³/mol. The van der Waals surface area contributed by atoms with E-state index in [0.717, 1.165) is 75.4 Å². The Hall–Kier alpha value is -4.33. The zero-order chi connectivity index (χ0) is 43.8. The predicted octanol–water partition coefficient (Wildman–Crippen LogP) is 11.3. The van der Waals surface area contributed by atoms with Crippen molar-refractivity contribution in [3.63, 3.8) is 0 Å². The van der Waals surface area contributed by atoms with E-state index in [1.54, 1.807) is 12.1 Å². The summed E-state index contributed by atoms with van der Waals surface area (Å²) in [5.74, 6) is -0.799. The molecular formula is C46H70FN5O7. The standard InChI is InChI=1S/C15H22N2O3.C15H24N2O.C10H20O.C6H4FNO2/c1-15(2,3)20-12-8-10-16(11-9-12)13-6-4-5-7-14(13)17(18)19;1-15(2,3)18-12-8-10-17(11-9-12)14-7-5-4-6-13(14)16;1-10(2,3)11-9-7-5-4-6-8-9;7-5-3-1-2-4-6(5)8(9)10/h4-7,12H,8-11H2,1-3H3;4-7,12H,8-11,16H2,1-3H3;9H,4-8H2,1-3H3;1-4H. The molecule has 0 bridgehead atoms. The second-order valence-corrected chi connectivity index (χ2v) is 18.3. The number of anilines is 3. The lowest BCUT2D eigenvalue weighted by Gasteiger charge is -2.37. The van der Waals surface area contributed by atoms with E-state index in [-0.39, 0.29) is 33.5 Å². The van der Waals surface area contributed by atoms with E-state index in [4.69, 9.17) is 19.9 Å². The lowest BCUT2D eigenvalue weighted by atomic mass is 9.97. The van der Waals surface area contributed by atoms with Crippen LogP contribution in [0.25, 0.3) is 0 Å². The Balaban J connectivity index is 0.000000219. The maximum atomic E-state index is 12.4. The summed E-state index contributed by atoms with van der Waals surface area (Å²) < 4.78 is 30.3. The lowest BCUT2D eigenvalue weighted by molar-refractivity contribution is -0.387. The second-order valence-electron chi connectivity index (χ2n) is 18.3. The van der Waals surface area contributed by atoms with Gasteiger partial charge in [-0.2, -0.15) is 4.39 Å². The number of para-hydroxylation sites is 5. The molecule has 3 aliphatic rings. The van der Waals surface area contributed by atoms with E-state index >= 15 is 0 Å².